The highest BCUT2D eigenvalue weighted by Crippen LogP contribution is 2.27. The van der Waals surface area contributed by atoms with Crippen molar-refractivity contribution in [3.63, 3.8) is 0 Å². The topological polar surface area (TPSA) is 75.4 Å². The first-order valence-corrected chi connectivity index (χ1v) is 8.49. The van der Waals surface area contributed by atoms with Gasteiger partial charge < -0.3 is 10.6 Å². The summed E-state index contributed by atoms with van der Waals surface area (Å²) in [5.74, 6) is 0. The Balaban J connectivity index is 3.34. The highest BCUT2D eigenvalue weighted by Gasteiger charge is 2.23. The van der Waals surface area contributed by atoms with Gasteiger partial charge in [0.05, 0.1) is 5.69 Å². The maximum absolute atomic E-state index is 12.2. The van der Waals surface area contributed by atoms with Gasteiger partial charge in [-0.15, -0.1) is 0 Å². The van der Waals surface area contributed by atoms with Crippen LogP contribution in [0.25, 0.3) is 0 Å². The molecule has 0 aromatic heterocycles. The van der Waals surface area contributed by atoms with Crippen LogP contribution in [0, 0.1) is 0 Å². The Bertz CT molecular complexity index is 513. The van der Waals surface area contributed by atoms with Crippen molar-refractivity contribution in [2.24, 2.45) is 5.73 Å². The number of hydrogen-bond acceptors (Lipinski definition) is 4. The average molecular weight is 299 g/mol. The number of nitrogens with one attached hydrogen (secondary N) is 1. The van der Waals surface area contributed by atoms with E-state index in [1.54, 1.807) is 12.1 Å². The second-order valence-corrected chi connectivity index (χ2v) is 6.48. The van der Waals surface area contributed by atoms with E-state index in [1.165, 1.54) is 7.05 Å². The maximum atomic E-state index is 12.2. The van der Waals surface area contributed by atoms with Crippen molar-refractivity contribution in [1.29, 1.82) is 0 Å². The molecule has 0 atom stereocenters. The van der Waals surface area contributed by atoms with E-state index in [9.17, 15) is 8.42 Å². The predicted octanol–water partition coefficient (Wildman–Crippen LogP) is 1.55. The van der Waals surface area contributed by atoms with Crippen molar-refractivity contribution in [2.75, 3.05) is 25.0 Å². The van der Waals surface area contributed by atoms with Gasteiger partial charge in [0.15, 0.2) is 0 Å². The summed E-state index contributed by atoms with van der Waals surface area (Å²) in [6, 6.07) is 7.36. The number of para-hydroxylation sites is 1. The zero-order valence-corrected chi connectivity index (χ0v) is 13.3. The van der Waals surface area contributed by atoms with E-state index >= 15 is 0 Å². The van der Waals surface area contributed by atoms with E-state index in [2.05, 4.69) is 23.5 Å². The molecule has 0 saturated heterocycles. The molecule has 114 valence electrons. The molecule has 0 aliphatic carbocycles. The van der Waals surface area contributed by atoms with Gasteiger partial charge in [-0.3, -0.25) is 0 Å². The van der Waals surface area contributed by atoms with Crippen LogP contribution in [0.4, 0.5) is 5.69 Å². The Morgan fingerprint density at radius 3 is 2.35 bits per heavy atom. The first kappa shape index (κ1) is 16.9. The largest absolute Gasteiger partial charge is 0.366 e. The molecule has 0 bridgehead atoms. The van der Waals surface area contributed by atoms with Crippen LogP contribution in [0.2, 0.25) is 0 Å². The molecule has 20 heavy (non-hydrogen) atoms. The highest BCUT2D eigenvalue weighted by molar-refractivity contribution is 7.89. The molecule has 0 aliphatic heterocycles. The van der Waals surface area contributed by atoms with Crippen LogP contribution in [0.3, 0.4) is 0 Å². The lowest BCUT2D eigenvalue weighted by molar-refractivity contribution is 0.552. The summed E-state index contributed by atoms with van der Waals surface area (Å²) in [5.41, 5.74) is 6.42. The fraction of sp³-hybridized carbons (Fsp3) is 0.571. The summed E-state index contributed by atoms with van der Waals surface area (Å²) in [6.45, 7) is 5.34. The van der Waals surface area contributed by atoms with Crippen molar-refractivity contribution >= 4 is 15.7 Å². The molecule has 1 aromatic rings. The lowest BCUT2D eigenvalue weighted by Gasteiger charge is -2.33. The SMILES string of the molecule is CCC(CC)N(CCN)c1ccccc1S(=O)(=O)NC. The van der Waals surface area contributed by atoms with E-state index < -0.39 is 10.0 Å². The van der Waals surface area contributed by atoms with Gasteiger partial charge in [0.25, 0.3) is 0 Å². The summed E-state index contributed by atoms with van der Waals surface area (Å²) < 4.78 is 26.7. The Morgan fingerprint density at radius 1 is 1.25 bits per heavy atom. The van der Waals surface area contributed by atoms with Crippen molar-refractivity contribution in [1.82, 2.24) is 4.72 Å². The quantitative estimate of drug-likeness (QED) is 0.763. The van der Waals surface area contributed by atoms with Gasteiger partial charge in [0, 0.05) is 19.1 Å². The molecule has 0 spiro atoms. The lowest BCUT2D eigenvalue weighted by Crippen LogP contribution is -2.39. The van der Waals surface area contributed by atoms with Gasteiger partial charge in [-0.05, 0) is 32.0 Å². The second kappa shape index (κ2) is 7.61. The summed E-state index contributed by atoms with van der Waals surface area (Å²) in [4.78, 5) is 2.41. The standard InChI is InChI=1S/C14H25N3O2S/c1-4-12(5-2)17(11-10-15)13-8-6-7-9-14(13)20(18,19)16-3/h6-9,12,16H,4-5,10-11,15H2,1-3H3. The fourth-order valence-electron chi connectivity index (χ4n) is 2.40. The third kappa shape index (κ3) is 3.71. The van der Waals surface area contributed by atoms with Crippen molar-refractivity contribution in [2.45, 2.75) is 37.6 Å². The predicted molar refractivity (Wildman–Crippen MR) is 83.5 cm³/mol. The van der Waals surface area contributed by atoms with Gasteiger partial charge in [0.2, 0.25) is 10.0 Å². The molecule has 6 heteroatoms. The molecular weight excluding hydrogens is 274 g/mol. The van der Waals surface area contributed by atoms with Crippen molar-refractivity contribution < 1.29 is 8.42 Å². The molecule has 0 heterocycles. The Labute approximate surface area is 122 Å². The second-order valence-electron chi connectivity index (χ2n) is 4.63. The zero-order chi connectivity index (χ0) is 15.2. The van der Waals surface area contributed by atoms with Crippen LogP contribution in [-0.4, -0.2) is 34.6 Å². The van der Waals surface area contributed by atoms with Crippen molar-refractivity contribution in [3.8, 4) is 0 Å². The fourth-order valence-corrected chi connectivity index (χ4v) is 3.34. The first-order valence-electron chi connectivity index (χ1n) is 7.01. The molecule has 1 rings (SSSR count). The molecule has 0 unspecified atom stereocenters. The smallest absolute Gasteiger partial charge is 0.242 e. The Hall–Kier alpha value is -1.11. The van der Waals surface area contributed by atoms with Gasteiger partial charge in [-0.1, -0.05) is 26.0 Å². The van der Waals surface area contributed by atoms with Crippen LogP contribution >= 0.6 is 0 Å². The van der Waals surface area contributed by atoms with Gasteiger partial charge in [-0.2, -0.15) is 0 Å². The van der Waals surface area contributed by atoms with E-state index in [4.69, 9.17) is 5.73 Å². The van der Waals surface area contributed by atoms with Gasteiger partial charge >= 0.3 is 0 Å². The summed E-state index contributed by atoms with van der Waals surface area (Å²) >= 11 is 0. The van der Waals surface area contributed by atoms with Gasteiger partial charge in [-0.25, -0.2) is 13.1 Å². The average Bonchev–Trinajstić information content (AvgIpc) is 2.47. The molecular formula is C14H25N3O2S. The number of anilines is 1. The summed E-state index contributed by atoms with van der Waals surface area (Å²) in [7, 11) is -2.05. The minimum atomic E-state index is -3.47. The normalized spacial score (nSPS) is 11.8. The molecule has 3 N–H and O–H groups in total. The number of rotatable bonds is 8. The maximum Gasteiger partial charge on any atom is 0.242 e. The molecule has 0 saturated carbocycles. The number of benzene rings is 1. The zero-order valence-electron chi connectivity index (χ0n) is 12.5. The number of nitrogens with two attached hydrogens (primary N) is 1. The Morgan fingerprint density at radius 2 is 1.85 bits per heavy atom. The third-order valence-electron chi connectivity index (χ3n) is 3.49. The molecule has 0 fully saturated rings. The monoisotopic (exact) mass is 299 g/mol. The van der Waals surface area contributed by atoms with Gasteiger partial charge in [0.1, 0.15) is 4.90 Å². The molecule has 5 nitrogen and oxygen atoms in total. The minimum Gasteiger partial charge on any atom is -0.366 e. The highest BCUT2D eigenvalue weighted by atomic mass is 32.2. The van der Waals surface area contributed by atoms with Crippen LogP contribution in [-0.2, 0) is 10.0 Å². The Kier molecular flexibility index (Phi) is 6.45. The molecule has 0 radical (unpaired) electrons. The van der Waals surface area contributed by atoms with Crippen LogP contribution in [0.1, 0.15) is 26.7 Å². The van der Waals surface area contributed by atoms with Crippen molar-refractivity contribution in [3.05, 3.63) is 24.3 Å². The van der Waals surface area contributed by atoms with E-state index in [1.807, 2.05) is 12.1 Å². The lowest BCUT2D eigenvalue weighted by atomic mass is 10.1. The van der Waals surface area contributed by atoms with Crippen LogP contribution < -0.4 is 15.4 Å². The number of nitrogens with zero attached hydrogens (tertiary/aromatic N) is 1. The number of sulfonamides is 1. The summed E-state index contributed by atoms with van der Waals surface area (Å²) in [6.07, 6.45) is 1.90. The minimum absolute atomic E-state index is 0.284. The van der Waals surface area contributed by atoms with E-state index in [-0.39, 0.29) is 6.04 Å². The first-order chi connectivity index (χ1) is 9.51. The number of hydrogen-bond donors (Lipinski definition) is 2. The van der Waals surface area contributed by atoms with E-state index in [0.29, 0.717) is 18.0 Å². The molecule has 0 aliphatic rings. The molecule has 1 aromatic carbocycles. The van der Waals surface area contributed by atoms with Crippen LogP contribution in [0.5, 0.6) is 0 Å². The summed E-state index contributed by atoms with van der Waals surface area (Å²) in [5, 5.41) is 0. The third-order valence-corrected chi connectivity index (χ3v) is 4.95. The molecule has 0 amide bonds. The van der Waals surface area contributed by atoms with E-state index in [0.717, 1.165) is 18.5 Å². The van der Waals surface area contributed by atoms with Crippen LogP contribution in [0.15, 0.2) is 29.2 Å².